The van der Waals surface area contributed by atoms with Crippen molar-refractivity contribution < 1.29 is 19.2 Å². The Kier molecular flexibility index (Phi) is 6.06. The van der Waals surface area contributed by atoms with Gasteiger partial charge in [-0.05, 0) is 49.6 Å². The number of aryl methyl sites for hydroxylation is 2. The minimum Gasteiger partial charge on any atom is -0.452 e. The number of esters is 1. The van der Waals surface area contributed by atoms with Crippen molar-refractivity contribution in [2.24, 2.45) is 0 Å². The summed E-state index contributed by atoms with van der Waals surface area (Å²) in [5.41, 5.74) is 3.28. The van der Waals surface area contributed by atoms with Gasteiger partial charge in [0.05, 0.1) is 16.5 Å². The average molecular weight is 356 g/mol. The van der Waals surface area contributed by atoms with E-state index >= 15 is 0 Å². The number of ether oxygens (including phenoxy) is 1. The monoisotopic (exact) mass is 356 g/mol. The smallest absolute Gasteiger partial charge is 0.338 e. The van der Waals surface area contributed by atoms with E-state index < -0.39 is 23.4 Å². The molecule has 0 fully saturated rings. The van der Waals surface area contributed by atoms with E-state index in [4.69, 9.17) is 4.74 Å². The Morgan fingerprint density at radius 2 is 1.77 bits per heavy atom. The first-order valence-electron chi connectivity index (χ1n) is 8.06. The van der Waals surface area contributed by atoms with Gasteiger partial charge in [-0.15, -0.1) is 0 Å². The predicted molar refractivity (Wildman–Crippen MR) is 95.9 cm³/mol. The van der Waals surface area contributed by atoms with E-state index in [2.05, 4.69) is 5.32 Å². The van der Waals surface area contributed by atoms with Gasteiger partial charge < -0.3 is 10.1 Å². The van der Waals surface area contributed by atoms with Gasteiger partial charge in [-0.1, -0.05) is 18.2 Å². The SMILES string of the molecule is Cc1ccc([C@@H](C)NC(=O)COC(=O)c2ccc([N+](=O)[O-])cc2)cc1C. The van der Waals surface area contributed by atoms with E-state index in [1.54, 1.807) is 0 Å². The number of benzene rings is 2. The van der Waals surface area contributed by atoms with Crippen molar-refractivity contribution in [3.8, 4) is 0 Å². The predicted octanol–water partition coefficient (Wildman–Crippen LogP) is 3.25. The summed E-state index contributed by atoms with van der Waals surface area (Å²) >= 11 is 0. The quantitative estimate of drug-likeness (QED) is 0.487. The Hall–Kier alpha value is -3.22. The van der Waals surface area contributed by atoms with Crippen molar-refractivity contribution in [2.45, 2.75) is 26.8 Å². The second kappa shape index (κ2) is 8.24. The Balaban J connectivity index is 1.88. The van der Waals surface area contributed by atoms with E-state index in [0.717, 1.165) is 11.1 Å². The van der Waals surface area contributed by atoms with Gasteiger partial charge in [0.1, 0.15) is 0 Å². The number of nitro benzene ring substituents is 1. The summed E-state index contributed by atoms with van der Waals surface area (Å²) in [6.45, 7) is 5.44. The van der Waals surface area contributed by atoms with Gasteiger partial charge in [-0.25, -0.2) is 4.79 Å². The number of nitrogens with one attached hydrogen (secondary N) is 1. The first kappa shape index (κ1) is 19.1. The summed E-state index contributed by atoms with van der Waals surface area (Å²) in [5.74, 6) is -1.14. The van der Waals surface area contributed by atoms with E-state index in [1.807, 2.05) is 39.0 Å². The van der Waals surface area contributed by atoms with Gasteiger partial charge in [0.15, 0.2) is 6.61 Å². The molecule has 0 aliphatic rings. The molecule has 0 saturated carbocycles. The summed E-state index contributed by atoms with van der Waals surface area (Å²) in [5, 5.41) is 13.4. The van der Waals surface area contributed by atoms with E-state index in [9.17, 15) is 19.7 Å². The molecule has 26 heavy (non-hydrogen) atoms. The number of rotatable bonds is 6. The molecule has 1 amide bonds. The number of carbonyl (C=O) groups is 2. The maximum absolute atomic E-state index is 12.0. The third-order valence-corrected chi connectivity index (χ3v) is 4.06. The maximum Gasteiger partial charge on any atom is 0.338 e. The summed E-state index contributed by atoms with van der Waals surface area (Å²) in [7, 11) is 0. The normalized spacial score (nSPS) is 11.5. The minimum absolute atomic E-state index is 0.124. The van der Waals surface area contributed by atoms with Crippen LogP contribution < -0.4 is 5.32 Å². The minimum atomic E-state index is -0.714. The molecular formula is C19H20N2O5. The molecule has 136 valence electrons. The highest BCUT2D eigenvalue weighted by molar-refractivity contribution is 5.91. The lowest BCUT2D eigenvalue weighted by Gasteiger charge is -2.15. The Morgan fingerprint density at radius 3 is 2.35 bits per heavy atom. The number of carbonyl (C=O) groups excluding carboxylic acids is 2. The number of amides is 1. The number of nitro groups is 1. The molecule has 2 rings (SSSR count). The average Bonchev–Trinajstić information content (AvgIpc) is 2.62. The van der Waals surface area contributed by atoms with Crippen LogP contribution in [0.5, 0.6) is 0 Å². The molecule has 1 N–H and O–H groups in total. The van der Waals surface area contributed by atoms with Crippen LogP contribution in [0.2, 0.25) is 0 Å². The van der Waals surface area contributed by atoms with Crippen LogP contribution in [0, 0.1) is 24.0 Å². The number of hydrogen-bond acceptors (Lipinski definition) is 5. The van der Waals surface area contributed by atoms with Crippen LogP contribution in [0.25, 0.3) is 0 Å². The fourth-order valence-electron chi connectivity index (χ4n) is 2.33. The first-order chi connectivity index (χ1) is 12.3. The summed E-state index contributed by atoms with van der Waals surface area (Å²) in [4.78, 5) is 33.9. The van der Waals surface area contributed by atoms with Gasteiger partial charge in [0.2, 0.25) is 0 Å². The van der Waals surface area contributed by atoms with Gasteiger partial charge in [0, 0.05) is 12.1 Å². The lowest BCUT2D eigenvalue weighted by atomic mass is 10.0. The summed E-state index contributed by atoms with van der Waals surface area (Å²) in [6.07, 6.45) is 0. The molecule has 7 nitrogen and oxygen atoms in total. The van der Waals surface area contributed by atoms with Crippen LogP contribution in [0.1, 0.15) is 40.0 Å². The highest BCUT2D eigenvalue weighted by Gasteiger charge is 2.14. The highest BCUT2D eigenvalue weighted by atomic mass is 16.6. The van der Waals surface area contributed by atoms with Gasteiger partial charge >= 0.3 is 5.97 Å². The molecule has 0 spiro atoms. The third kappa shape index (κ3) is 4.89. The molecule has 2 aromatic rings. The number of nitrogens with zero attached hydrogens (tertiary/aromatic N) is 1. The van der Waals surface area contributed by atoms with Crippen LogP contribution in [-0.2, 0) is 9.53 Å². The molecule has 0 aliphatic heterocycles. The Labute approximate surface area is 151 Å². The second-order valence-electron chi connectivity index (χ2n) is 6.01. The zero-order valence-electron chi connectivity index (χ0n) is 14.8. The zero-order chi connectivity index (χ0) is 19.3. The summed E-state index contributed by atoms with van der Waals surface area (Å²) < 4.78 is 4.95. The molecular weight excluding hydrogens is 336 g/mol. The maximum atomic E-state index is 12.0. The fraction of sp³-hybridized carbons (Fsp3) is 0.263. The fourth-order valence-corrected chi connectivity index (χ4v) is 2.33. The van der Waals surface area contributed by atoms with Crippen molar-refractivity contribution in [2.75, 3.05) is 6.61 Å². The first-order valence-corrected chi connectivity index (χ1v) is 8.06. The second-order valence-corrected chi connectivity index (χ2v) is 6.01. The lowest BCUT2D eigenvalue weighted by molar-refractivity contribution is -0.384. The van der Waals surface area contributed by atoms with Gasteiger partial charge in [-0.2, -0.15) is 0 Å². The highest BCUT2D eigenvalue weighted by Crippen LogP contribution is 2.17. The van der Waals surface area contributed by atoms with Crippen LogP contribution in [0.3, 0.4) is 0 Å². The molecule has 0 aromatic heterocycles. The molecule has 0 heterocycles. The van der Waals surface area contributed by atoms with Gasteiger partial charge in [0.25, 0.3) is 11.6 Å². The van der Waals surface area contributed by atoms with Crippen molar-refractivity contribution >= 4 is 17.6 Å². The molecule has 2 aromatic carbocycles. The van der Waals surface area contributed by atoms with Crippen molar-refractivity contribution in [3.05, 3.63) is 74.8 Å². The Bertz CT molecular complexity index is 830. The zero-order valence-corrected chi connectivity index (χ0v) is 14.8. The Morgan fingerprint density at radius 1 is 1.12 bits per heavy atom. The van der Waals surface area contributed by atoms with E-state index in [0.29, 0.717) is 0 Å². The topological polar surface area (TPSA) is 98.5 Å². The van der Waals surface area contributed by atoms with Crippen molar-refractivity contribution in [1.82, 2.24) is 5.32 Å². The lowest BCUT2D eigenvalue weighted by Crippen LogP contribution is -2.31. The molecule has 0 saturated heterocycles. The molecule has 0 radical (unpaired) electrons. The van der Waals surface area contributed by atoms with Crippen molar-refractivity contribution in [3.63, 3.8) is 0 Å². The van der Waals surface area contributed by atoms with E-state index in [-0.39, 0.29) is 17.3 Å². The molecule has 0 aliphatic carbocycles. The molecule has 0 unspecified atom stereocenters. The van der Waals surface area contributed by atoms with Crippen LogP contribution in [-0.4, -0.2) is 23.4 Å². The van der Waals surface area contributed by atoms with E-state index in [1.165, 1.54) is 29.8 Å². The van der Waals surface area contributed by atoms with Crippen LogP contribution in [0.15, 0.2) is 42.5 Å². The molecule has 1 atom stereocenters. The molecule has 7 heteroatoms. The number of non-ortho nitro benzene ring substituents is 1. The third-order valence-electron chi connectivity index (χ3n) is 4.06. The van der Waals surface area contributed by atoms with Crippen LogP contribution >= 0.6 is 0 Å². The molecule has 0 bridgehead atoms. The number of hydrogen-bond donors (Lipinski definition) is 1. The largest absolute Gasteiger partial charge is 0.452 e. The van der Waals surface area contributed by atoms with Gasteiger partial charge in [-0.3, -0.25) is 14.9 Å². The summed E-state index contributed by atoms with van der Waals surface area (Å²) in [6, 6.07) is 10.7. The van der Waals surface area contributed by atoms with Crippen molar-refractivity contribution in [1.29, 1.82) is 0 Å². The van der Waals surface area contributed by atoms with Crippen LogP contribution in [0.4, 0.5) is 5.69 Å². The standard InChI is InChI=1S/C19H20N2O5/c1-12-4-5-16(10-13(12)2)14(3)20-18(22)11-26-19(23)15-6-8-17(9-7-15)21(24)25/h4-10,14H,11H2,1-3H3,(H,20,22)/t14-/m1/s1.